The molecule has 0 aliphatic carbocycles. The van der Waals surface area contributed by atoms with Crippen LogP contribution in [0.3, 0.4) is 0 Å². The van der Waals surface area contributed by atoms with Gasteiger partial charge in [-0.3, -0.25) is 14.9 Å². The number of nitrogens with zero attached hydrogens (tertiary/aromatic N) is 1. The van der Waals surface area contributed by atoms with Crippen molar-refractivity contribution in [3.05, 3.63) is 55.4 Å². The molecule has 0 saturated heterocycles. The zero-order valence-corrected chi connectivity index (χ0v) is 12.2. The molecule has 0 fully saturated rings. The SMILES string of the molecule is Cc1ccc(-c2c(C(=O)O)c(N)[nH]c(=O)c2C(=O)O)cc1[N+](=O)[O-]. The van der Waals surface area contributed by atoms with Crippen LogP contribution in [-0.4, -0.2) is 32.1 Å². The van der Waals surface area contributed by atoms with E-state index in [1.807, 2.05) is 4.98 Å². The zero-order chi connectivity index (χ0) is 18.2. The number of anilines is 1. The number of carboxylic acid groups (broad SMARTS) is 2. The number of carboxylic acids is 2. The minimum Gasteiger partial charge on any atom is -0.478 e. The normalized spacial score (nSPS) is 10.4. The summed E-state index contributed by atoms with van der Waals surface area (Å²) in [5, 5.41) is 29.6. The predicted molar refractivity (Wildman–Crippen MR) is 82.2 cm³/mol. The Kier molecular flexibility index (Phi) is 4.05. The summed E-state index contributed by atoms with van der Waals surface area (Å²) in [5.74, 6) is -3.81. The average Bonchev–Trinajstić information content (AvgIpc) is 2.45. The molecule has 10 nitrogen and oxygen atoms in total. The summed E-state index contributed by atoms with van der Waals surface area (Å²) in [6, 6.07) is 3.61. The van der Waals surface area contributed by atoms with Gasteiger partial charge >= 0.3 is 11.9 Å². The van der Waals surface area contributed by atoms with Crippen LogP contribution < -0.4 is 11.3 Å². The summed E-state index contributed by atoms with van der Waals surface area (Å²) in [7, 11) is 0. The number of H-pyrrole nitrogens is 1. The second kappa shape index (κ2) is 5.83. The van der Waals surface area contributed by atoms with Crippen LogP contribution in [0.1, 0.15) is 26.3 Å². The first kappa shape index (κ1) is 16.7. The molecule has 0 atom stereocenters. The van der Waals surface area contributed by atoms with Crippen LogP contribution in [0.25, 0.3) is 11.1 Å². The number of carbonyl (C=O) groups is 2. The number of nitrogen functional groups attached to an aromatic ring is 1. The standard InChI is InChI=1S/C14H11N3O7/c1-5-2-3-6(4-7(5)17(23)24)8-9(13(19)20)11(15)16-12(18)10(8)14(21)22/h2-4H,1H3,(H,19,20)(H,21,22)(H3,15,16,18). The molecule has 0 aliphatic heterocycles. The fourth-order valence-electron chi connectivity index (χ4n) is 2.30. The number of nitro groups is 1. The van der Waals surface area contributed by atoms with Crippen LogP contribution in [0.4, 0.5) is 11.5 Å². The molecule has 24 heavy (non-hydrogen) atoms. The maximum absolute atomic E-state index is 11.9. The molecule has 0 bridgehead atoms. The quantitative estimate of drug-likeness (QED) is 0.476. The van der Waals surface area contributed by atoms with E-state index in [9.17, 15) is 34.7 Å². The highest BCUT2D eigenvalue weighted by atomic mass is 16.6. The van der Waals surface area contributed by atoms with Crippen molar-refractivity contribution in [1.82, 2.24) is 4.98 Å². The minimum atomic E-state index is -1.68. The maximum atomic E-state index is 11.9. The molecule has 0 radical (unpaired) electrons. The van der Waals surface area contributed by atoms with Gasteiger partial charge in [-0.15, -0.1) is 0 Å². The summed E-state index contributed by atoms with van der Waals surface area (Å²) in [6.45, 7) is 1.46. The van der Waals surface area contributed by atoms with Gasteiger partial charge < -0.3 is 20.9 Å². The lowest BCUT2D eigenvalue weighted by Crippen LogP contribution is -2.24. The number of hydrogen-bond donors (Lipinski definition) is 4. The Hall–Kier alpha value is -3.69. The molecule has 1 heterocycles. The topological polar surface area (TPSA) is 177 Å². The van der Waals surface area contributed by atoms with Gasteiger partial charge in [-0.2, -0.15) is 0 Å². The van der Waals surface area contributed by atoms with Gasteiger partial charge in [-0.05, 0) is 12.5 Å². The third-order valence-corrected chi connectivity index (χ3v) is 3.37. The molecule has 0 spiro atoms. The highest BCUT2D eigenvalue weighted by Gasteiger charge is 2.27. The maximum Gasteiger partial charge on any atom is 0.342 e. The Morgan fingerprint density at radius 1 is 1.21 bits per heavy atom. The van der Waals surface area contributed by atoms with Crippen molar-refractivity contribution in [3.63, 3.8) is 0 Å². The molecule has 1 aromatic carbocycles. The second-order valence-electron chi connectivity index (χ2n) is 4.86. The molecule has 0 saturated carbocycles. The van der Waals surface area contributed by atoms with Gasteiger partial charge in [0.25, 0.3) is 11.2 Å². The van der Waals surface area contributed by atoms with E-state index >= 15 is 0 Å². The largest absolute Gasteiger partial charge is 0.478 e. The smallest absolute Gasteiger partial charge is 0.342 e. The average molecular weight is 333 g/mol. The number of aromatic nitrogens is 1. The van der Waals surface area contributed by atoms with Crippen LogP contribution in [0, 0.1) is 17.0 Å². The van der Waals surface area contributed by atoms with Crippen molar-refractivity contribution >= 4 is 23.4 Å². The third kappa shape index (κ3) is 2.67. The highest BCUT2D eigenvalue weighted by Crippen LogP contribution is 2.32. The van der Waals surface area contributed by atoms with Gasteiger partial charge in [-0.25, -0.2) is 9.59 Å². The van der Waals surface area contributed by atoms with Gasteiger partial charge in [0.1, 0.15) is 16.9 Å². The Labute approximate surface area is 133 Å². The van der Waals surface area contributed by atoms with E-state index in [0.29, 0.717) is 0 Å². The second-order valence-corrected chi connectivity index (χ2v) is 4.86. The van der Waals surface area contributed by atoms with Gasteiger partial charge in [0.05, 0.1) is 4.92 Å². The molecular weight excluding hydrogens is 322 g/mol. The molecule has 10 heteroatoms. The van der Waals surface area contributed by atoms with Crippen LogP contribution in [-0.2, 0) is 0 Å². The van der Waals surface area contributed by atoms with Crippen molar-refractivity contribution in [2.45, 2.75) is 6.92 Å². The van der Waals surface area contributed by atoms with E-state index in [1.165, 1.54) is 19.1 Å². The number of nitrogens with two attached hydrogens (primary N) is 1. The molecule has 0 amide bonds. The van der Waals surface area contributed by atoms with Crippen molar-refractivity contribution in [1.29, 1.82) is 0 Å². The summed E-state index contributed by atoms with van der Waals surface area (Å²) in [6.07, 6.45) is 0. The van der Waals surface area contributed by atoms with Crippen molar-refractivity contribution in [3.8, 4) is 11.1 Å². The number of pyridine rings is 1. The zero-order valence-electron chi connectivity index (χ0n) is 12.2. The molecule has 2 rings (SSSR count). The number of nitro benzene ring substituents is 1. The lowest BCUT2D eigenvalue weighted by molar-refractivity contribution is -0.385. The van der Waals surface area contributed by atoms with E-state index in [-0.39, 0.29) is 16.8 Å². The number of nitrogens with one attached hydrogen (secondary N) is 1. The van der Waals surface area contributed by atoms with Gasteiger partial charge in [-0.1, -0.05) is 12.1 Å². The first-order valence-corrected chi connectivity index (χ1v) is 6.43. The van der Waals surface area contributed by atoms with Crippen molar-refractivity contribution < 1.29 is 24.7 Å². The monoisotopic (exact) mass is 333 g/mol. The van der Waals surface area contributed by atoms with Crippen molar-refractivity contribution in [2.24, 2.45) is 0 Å². The number of hydrogen-bond acceptors (Lipinski definition) is 6. The van der Waals surface area contributed by atoms with E-state index in [0.717, 1.165) is 6.07 Å². The number of rotatable bonds is 4. The van der Waals surface area contributed by atoms with Crippen LogP contribution in [0.2, 0.25) is 0 Å². The first-order chi connectivity index (χ1) is 11.1. The molecule has 0 aliphatic rings. The molecule has 2 aromatic rings. The lowest BCUT2D eigenvalue weighted by Gasteiger charge is -2.12. The molecule has 0 unspecified atom stereocenters. The summed E-state index contributed by atoms with van der Waals surface area (Å²) < 4.78 is 0. The highest BCUT2D eigenvalue weighted by molar-refractivity contribution is 6.07. The Bertz CT molecular complexity index is 946. The molecular formula is C14H11N3O7. The van der Waals surface area contributed by atoms with Gasteiger partial charge in [0.15, 0.2) is 0 Å². The number of aromatic carboxylic acids is 2. The summed E-state index contributed by atoms with van der Waals surface area (Å²) in [4.78, 5) is 47.1. The number of benzene rings is 1. The number of aryl methyl sites for hydroxylation is 1. The Morgan fingerprint density at radius 2 is 1.79 bits per heavy atom. The van der Waals surface area contributed by atoms with Gasteiger partial charge in [0, 0.05) is 17.2 Å². The molecule has 124 valence electrons. The van der Waals surface area contributed by atoms with Crippen molar-refractivity contribution in [2.75, 3.05) is 5.73 Å². The Morgan fingerprint density at radius 3 is 2.29 bits per heavy atom. The van der Waals surface area contributed by atoms with Crippen LogP contribution in [0.5, 0.6) is 0 Å². The minimum absolute atomic E-state index is 0.111. The third-order valence-electron chi connectivity index (χ3n) is 3.37. The predicted octanol–water partition coefficient (Wildman–Crippen LogP) is 1.24. The summed E-state index contributed by atoms with van der Waals surface area (Å²) >= 11 is 0. The molecule has 1 aromatic heterocycles. The fourth-order valence-corrected chi connectivity index (χ4v) is 2.30. The number of aromatic amines is 1. The Balaban J connectivity index is 2.99. The van der Waals surface area contributed by atoms with E-state index in [2.05, 4.69) is 0 Å². The van der Waals surface area contributed by atoms with Crippen LogP contribution in [0.15, 0.2) is 23.0 Å². The van der Waals surface area contributed by atoms with E-state index < -0.39 is 44.9 Å². The van der Waals surface area contributed by atoms with Crippen LogP contribution >= 0.6 is 0 Å². The van der Waals surface area contributed by atoms with Gasteiger partial charge in [0.2, 0.25) is 0 Å². The lowest BCUT2D eigenvalue weighted by atomic mass is 9.94. The van der Waals surface area contributed by atoms with E-state index in [4.69, 9.17) is 5.73 Å². The fraction of sp³-hybridized carbons (Fsp3) is 0.0714. The summed E-state index contributed by atoms with van der Waals surface area (Å²) in [5.41, 5.74) is 2.22. The first-order valence-electron chi connectivity index (χ1n) is 6.43. The van der Waals surface area contributed by atoms with E-state index in [1.54, 1.807) is 0 Å². The molecule has 5 N–H and O–H groups in total.